The molecule has 1 rings (SSSR count). The maximum Gasteiger partial charge on any atom is 0.229 e. The van der Waals surface area contributed by atoms with Crippen LogP contribution in [0, 0.1) is 5.92 Å². The molecule has 0 aromatic carbocycles. The van der Waals surface area contributed by atoms with Gasteiger partial charge in [0.1, 0.15) is 5.37 Å². The van der Waals surface area contributed by atoms with E-state index in [1.54, 1.807) is 20.8 Å². The second-order valence-corrected chi connectivity index (χ2v) is 7.20. The summed E-state index contributed by atoms with van der Waals surface area (Å²) in [6.07, 6.45) is 0. The Balaban J connectivity index is 2.93. The van der Waals surface area contributed by atoms with Gasteiger partial charge in [0.25, 0.3) is 0 Å². The number of carbonyl (C=O) groups excluding carboxylic acids is 1. The van der Waals surface area contributed by atoms with Gasteiger partial charge in [-0.05, 0) is 20.8 Å². The Hall–Kier alpha value is -0.620. The third-order valence-electron chi connectivity index (χ3n) is 2.37. The highest BCUT2D eigenvalue weighted by molar-refractivity contribution is 7.93. The molecule has 0 spiro atoms. The van der Waals surface area contributed by atoms with Crippen LogP contribution in [0.15, 0.2) is 0 Å². The van der Waals surface area contributed by atoms with E-state index in [-0.39, 0.29) is 0 Å². The molecule has 0 aliphatic carbocycles. The topological polar surface area (TPSA) is 83.5 Å². The summed E-state index contributed by atoms with van der Waals surface area (Å²) in [7, 11) is -3.43. The summed E-state index contributed by atoms with van der Waals surface area (Å²) in [4.78, 5) is 10.9. The second-order valence-electron chi connectivity index (χ2n) is 4.38. The first kappa shape index (κ1) is 11.5. The Morgan fingerprint density at radius 1 is 1.43 bits per heavy atom. The molecule has 0 saturated carbocycles. The van der Waals surface area contributed by atoms with Gasteiger partial charge in [0.15, 0.2) is 9.84 Å². The van der Waals surface area contributed by atoms with Crippen LogP contribution in [0.1, 0.15) is 20.8 Å². The number of hydrogen-bond donors (Lipinski definition) is 2. The molecular weight excluding hydrogens is 206 g/mol. The van der Waals surface area contributed by atoms with E-state index >= 15 is 0 Å². The standard InChI is InChI=1S/C8H15NO4S/c1-8(2,3)14(12,13)7-5(4-10)6(11)9-7/h5,7,10H,4H2,1-3H3,(H,9,11)/t5-,7+/m0/s1. The van der Waals surface area contributed by atoms with Crippen molar-refractivity contribution in [2.45, 2.75) is 30.9 Å². The van der Waals surface area contributed by atoms with Gasteiger partial charge in [-0.15, -0.1) is 0 Å². The van der Waals surface area contributed by atoms with Crippen LogP contribution in [0.25, 0.3) is 0 Å². The Labute approximate surface area is 83.4 Å². The van der Waals surface area contributed by atoms with E-state index in [9.17, 15) is 13.2 Å². The third-order valence-corrected chi connectivity index (χ3v) is 5.19. The average molecular weight is 221 g/mol. The molecule has 0 radical (unpaired) electrons. The summed E-state index contributed by atoms with van der Waals surface area (Å²) in [6.45, 7) is 4.29. The lowest BCUT2D eigenvalue weighted by atomic mass is 10.0. The van der Waals surface area contributed by atoms with Gasteiger partial charge in [-0.1, -0.05) is 0 Å². The number of nitrogens with one attached hydrogen (secondary N) is 1. The number of amides is 1. The van der Waals surface area contributed by atoms with Crippen molar-refractivity contribution >= 4 is 15.7 Å². The zero-order valence-corrected chi connectivity index (χ0v) is 9.26. The molecule has 0 unspecified atom stereocenters. The highest BCUT2D eigenvalue weighted by Gasteiger charge is 2.51. The largest absolute Gasteiger partial charge is 0.395 e. The first-order valence-corrected chi connectivity index (χ1v) is 5.91. The van der Waals surface area contributed by atoms with Crippen molar-refractivity contribution in [2.24, 2.45) is 5.92 Å². The first-order chi connectivity index (χ1) is 6.21. The van der Waals surface area contributed by atoms with Crippen LogP contribution in [0.5, 0.6) is 0 Å². The van der Waals surface area contributed by atoms with Crippen LogP contribution in [-0.2, 0) is 14.6 Å². The lowest BCUT2D eigenvalue weighted by Crippen LogP contribution is -2.65. The van der Waals surface area contributed by atoms with Crippen molar-refractivity contribution in [2.75, 3.05) is 6.61 Å². The first-order valence-electron chi connectivity index (χ1n) is 4.36. The fourth-order valence-corrected chi connectivity index (χ4v) is 2.92. The number of aliphatic hydroxyl groups excluding tert-OH is 1. The van der Waals surface area contributed by atoms with Gasteiger partial charge in [0.05, 0.1) is 17.3 Å². The van der Waals surface area contributed by atoms with Crippen molar-refractivity contribution in [1.82, 2.24) is 5.32 Å². The fourth-order valence-electron chi connectivity index (χ4n) is 1.24. The predicted molar refractivity (Wildman–Crippen MR) is 51.2 cm³/mol. The molecule has 1 saturated heterocycles. The second kappa shape index (κ2) is 3.20. The van der Waals surface area contributed by atoms with Gasteiger partial charge < -0.3 is 10.4 Å². The van der Waals surface area contributed by atoms with E-state index in [0.717, 1.165) is 0 Å². The number of sulfone groups is 1. The Morgan fingerprint density at radius 2 is 1.93 bits per heavy atom. The van der Waals surface area contributed by atoms with E-state index < -0.39 is 38.4 Å². The van der Waals surface area contributed by atoms with Gasteiger partial charge in [0.2, 0.25) is 5.91 Å². The minimum absolute atomic E-state index is 0.398. The van der Waals surface area contributed by atoms with Gasteiger partial charge >= 0.3 is 0 Å². The molecule has 1 amide bonds. The van der Waals surface area contributed by atoms with Crippen LogP contribution in [-0.4, -0.2) is 36.2 Å². The summed E-state index contributed by atoms with van der Waals surface area (Å²) in [5, 5.41) is 10.2. The van der Waals surface area contributed by atoms with Gasteiger partial charge in [-0.25, -0.2) is 8.42 Å². The number of hydrogen-bond acceptors (Lipinski definition) is 4. The van der Waals surface area contributed by atoms with Crippen LogP contribution < -0.4 is 5.32 Å². The van der Waals surface area contributed by atoms with Crippen LogP contribution in [0.2, 0.25) is 0 Å². The summed E-state index contributed by atoms with van der Waals surface area (Å²) < 4.78 is 22.7. The monoisotopic (exact) mass is 221 g/mol. The van der Waals surface area contributed by atoms with Gasteiger partial charge in [-0.2, -0.15) is 0 Å². The fraction of sp³-hybridized carbons (Fsp3) is 0.875. The molecule has 0 bridgehead atoms. The van der Waals surface area contributed by atoms with Crippen LogP contribution in [0.3, 0.4) is 0 Å². The lowest BCUT2D eigenvalue weighted by molar-refractivity contribution is -0.134. The third kappa shape index (κ3) is 1.52. The van der Waals surface area contributed by atoms with Crippen LogP contribution in [0.4, 0.5) is 0 Å². The van der Waals surface area contributed by atoms with Crippen molar-refractivity contribution in [1.29, 1.82) is 0 Å². The molecule has 82 valence electrons. The van der Waals surface area contributed by atoms with Crippen molar-refractivity contribution in [3.05, 3.63) is 0 Å². The molecule has 2 N–H and O–H groups in total. The number of aliphatic hydroxyl groups is 1. The van der Waals surface area contributed by atoms with E-state index in [1.165, 1.54) is 0 Å². The SMILES string of the molecule is CC(C)(C)S(=O)(=O)[C@H]1NC(=O)[C@@H]1CO. The van der Waals surface area contributed by atoms with Crippen molar-refractivity contribution < 1.29 is 18.3 Å². The van der Waals surface area contributed by atoms with Crippen LogP contribution >= 0.6 is 0 Å². The van der Waals surface area contributed by atoms with E-state index in [1.807, 2.05) is 0 Å². The molecule has 1 aliphatic heterocycles. The zero-order valence-electron chi connectivity index (χ0n) is 8.44. The molecule has 0 aromatic rings. The number of carbonyl (C=O) groups is 1. The molecule has 14 heavy (non-hydrogen) atoms. The Bertz CT molecular complexity index is 341. The Morgan fingerprint density at radius 3 is 2.21 bits per heavy atom. The maximum atomic E-state index is 11.8. The van der Waals surface area contributed by atoms with Crippen molar-refractivity contribution in [3.63, 3.8) is 0 Å². The smallest absolute Gasteiger partial charge is 0.229 e. The minimum Gasteiger partial charge on any atom is -0.395 e. The molecule has 1 aliphatic rings. The predicted octanol–water partition coefficient (Wildman–Crippen LogP) is -0.736. The average Bonchev–Trinajstić information content (AvgIpc) is 1.98. The zero-order chi connectivity index (χ0) is 11.1. The van der Waals surface area contributed by atoms with E-state index in [0.29, 0.717) is 0 Å². The maximum absolute atomic E-state index is 11.8. The molecule has 2 atom stereocenters. The molecule has 0 aromatic heterocycles. The van der Waals surface area contributed by atoms with Gasteiger partial charge in [0, 0.05) is 0 Å². The quantitative estimate of drug-likeness (QED) is 0.602. The highest BCUT2D eigenvalue weighted by Crippen LogP contribution is 2.28. The Kier molecular flexibility index (Phi) is 2.62. The van der Waals surface area contributed by atoms with Gasteiger partial charge in [-0.3, -0.25) is 4.79 Å². The lowest BCUT2D eigenvalue weighted by Gasteiger charge is -2.38. The van der Waals surface area contributed by atoms with E-state index in [4.69, 9.17) is 5.11 Å². The summed E-state index contributed by atoms with van der Waals surface area (Å²) in [5.74, 6) is -1.20. The number of β-lactam (4-membered cyclic amide) rings is 1. The molecule has 1 heterocycles. The summed E-state index contributed by atoms with van der Waals surface area (Å²) >= 11 is 0. The molecule has 6 heteroatoms. The normalized spacial score (nSPS) is 28.1. The molecule has 1 fully saturated rings. The number of rotatable bonds is 2. The highest BCUT2D eigenvalue weighted by atomic mass is 32.2. The minimum atomic E-state index is -3.43. The molecule has 5 nitrogen and oxygen atoms in total. The summed E-state index contributed by atoms with van der Waals surface area (Å²) in [6, 6.07) is 0. The molecular formula is C8H15NO4S. The van der Waals surface area contributed by atoms with E-state index in [2.05, 4.69) is 5.32 Å². The summed E-state index contributed by atoms with van der Waals surface area (Å²) in [5.41, 5.74) is 0. The van der Waals surface area contributed by atoms with Crippen molar-refractivity contribution in [3.8, 4) is 0 Å².